The lowest BCUT2D eigenvalue weighted by atomic mass is 10.0. The smallest absolute Gasteiger partial charge is 0.308 e. The van der Waals surface area contributed by atoms with Crippen LogP contribution in [0.25, 0.3) is 0 Å². The number of hydrogen-bond acceptors (Lipinski definition) is 7. The topological polar surface area (TPSA) is 90.9 Å². The molecule has 8 heteroatoms. The quantitative estimate of drug-likeness (QED) is 0.626. The van der Waals surface area contributed by atoms with E-state index < -0.39 is 23.3 Å². The van der Waals surface area contributed by atoms with Crippen molar-refractivity contribution >= 4 is 29.6 Å². The van der Waals surface area contributed by atoms with Crippen molar-refractivity contribution < 1.29 is 28.6 Å². The molecule has 1 aromatic rings. The Morgan fingerprint density at radius 3 is 2.56 bits per heavy atom. The Kier molecular flexibility index (Phi) is 6.30. The van der Waals surface area contributed by atoms with E-state index >= 15 is 0 Å². The summed E-state index contributed by atoms with van der Waals surface area (Å²) >= 11 is 1.43. The summed E-state index contributed by atoms with van der Waals surface area (Å²) in [4.78, 5) is 35.1. The standard InChI is InChI=1S/C17H21NO6S/c1-9-7-12(8-13(22-4)14(9)23-10(2)19)15(24-11(3)20)16-17(21)18-5-6-25-16/h7-8,15-16H,5-6H2,1-4H3,(H,18,21). The number of carbonyl (C=O) groups excluding carboxylic acids is 3. The van der Waals surface area contributed by atoms with Crippen LogP contribution in [0.5, 0.6) is 11.5 Å². The highest BCUT2D eigenvalue weighted by Gasteiger charge is 2.35. The third-order valence-electron chi connectivity index (χ3n) is 3.58. The molecule has 1 aromatic carbocycles. The maximum Gasteiger partial charge on any atom is 0.308 e. The van der Waals surface area contributed by atoms with Crippen molar-refractivity contribution in [3.05, 3.63) is 23.3 Å². The van der Waals surface area contributed by atoms with Crippen LogP contribution in [0, 0.1) is 6.92 Å². The van der Waals surface area contributed by atoms with Crippen LogP contribution in [0.1, 0.15) is 31.1 Å². The SMILES string of the molecule is COc1cc(C(OC(C)=O)C2SCCNC2=O)cc(C)c1OC(C)=O. The lowest BCUT2D eigenvalue weighted by molar-refractivity contribution is -0.147. The molecule has 0 aliphatic carbocycles. The van der Waals surface area contributed by atoms with Gasteiger partial charge in [0.2, 0.25) is 5.91 Å². The molecule has 25 heavy (non-hydrogen) atoms. The lowest BCUT2D eigenvalue weighted by Gasteiger charge is -2.29. The van der Waals surface area contributed by atoms with E-state index in [1.54, 1.807) is 19.1 Å². The van der Waals surface area contributed by atoms with E-state index in [2.05, 4.69) is 5.32 Å². The van der Waals surface area contributed by atoms with E-state index in [9.17, 15) is 14.4 Å². The zero-order valence-electron chi connectivity index (χ0n) is 14.6. The minimum atomic E-state index is -0.762. The van der Waals surface area contributed by atoms with Gasteiger partial charge in [0.05, 0.1) is 7.11 Å². The van der Waals surface area contributed by atoms with E-state index in [0.717, 1.165) is 5.75 Å². The van der Waals surface area contributed by atoms with E-state index in [-0.39, 0.29) is 5.91 Å². The van der Waals surface area contributed by atoms with Crippen LogP contribution >= 0.6 is 11.8 Å². The number of thioether (sulfide) groups is 1. The van der Waals surface area contributed by atoms with E-state index in [4.69, 9.17) is 14.2 Å². The molecular formula is C17H21NO6S. The summed E-state index contributed by atoms with van der Waals surface area (Å²) in [6, 6.07) is 3.36. The number of ether oxygens (including phenoxy) is 3. The Bertz CT molecular complexity index is 690. The molecule has 1 saturated heterocycles. The molecule has 0 aromatic heterocycles. The molecule has 2 rings (SSSR count). The fourth-order valence-corrected chi connectivity index (χ4v) is 3.70. The van der Waals surface area contributed by atoms with Gasteiger partial charge in [0.15, 0.2) is 11.5 Å². The Morgan fingerprint density at radius 1 is 1.28 bits per heavy atom. The molecule has 136 valence electrons. The summed E-state index contributed by atoms with van der Waals surface area (Å²) in [5.74, 6) is 0.251. The first-order chi connectivity index (χ1) is 11.8. The zero-order chi connectivity index (χ0) is 18.6. The van der Waals surface area contributed by atoms with Gasteiger partial charge in [-0.1, -0.05) is 0 Å². The number of carbonyl (C=O) groups is 3. The fourth-order valence-electron chi connectivity index (χ4n) is 2.60. The van der Waals surface area contributed by atoms with Gasteiger partial charge in [-0.05, 0) is 30.2 Å². The van der Waals surface area contributed by atoms with Crippen molar-refractivity contribution in [2.45, 2.75) is 32.1 Å². The van der Waals surface area contributed by atoms with Crippen molar-refractivity contribution in [3.63, 3.8) is 0 Å². The molecule has 1 amide bonds. The van der Waals surface area contributed by atoms with Gasteiger partial charge in [0, 0.05) is 26.1 Å². The molecule has 1 heterocycles. The van der Waals surface area contributed by atoms with Gasteiger partial charge in [-0.15, -0.1) is 11.8 Å². The maximum atomic E-state index is 12.2. The Morgan fingerprint density at radius 2 is 2.00 bits per heavy atom. The number of aryl methyl sites for hydroxylation is 1. The molecule has 0 spiro atoms. The van der Waals surface area contributed by atoms with Crippen molar-refractivity contribution in [3.8, 4) is 11.5 Å². The minimum Gasteiger partial charge on any atom is -0.493 e. The first-order valence-corrected chi connectivity index (χ1v) is 8.81. The zero-order valence-corrected chi connectivity index (χ0v) is 15.4. The Hall–Kier alpha value is -2.22. The molecular weight excluding hydrogens is 346 g/mol. The predicted molar refractivity (Wildman–Crippen MR) is 92.8 cm³/mol. The Labute approximate surface area is 150 Å². The molecule has 0 saturated carbocycles. The van der Waals surface area contributed by atoms with Crippen LogP contribution in [0.4, 0.5) is 0 Å². The molecule has 1 N–H and O–H groups in total. The van der Waals surface area contributed by atoms with Crippen LogP contribution in [-0.2, 0) is 19.1 Å². The summed E-state index contributed by atoms with van der Waals surface area (Å²) in [5, 5.41) is 2.23. The molecule has 1 fully saturated rings. The fraction of sp³-hybridized carbons (Fsp3) is 0.471. The lowest BCUT2D eigenvalue weighted by Crippen LogP contribution is -2.43. The second kappa shape index (κ2) is 8.24. The second-order valence-electron chi connectivity index (χ2n) is 5.58. The molecule has 2 atom stereocenters. The number of hydrogen-bond donors (Lipinski definition) is 1. The number of rotatable bonds is 5. The van der Waals surface area contributed by atoms with Crippen LogP contribution < -0.4 is 14.8 Å². The third-order valence-corrected chi connectivity index (χ3v) is 4.84. The first kappa shape index (κ1) is 19.1. The maximum absolute atomic E-state index is 12.2. The number of benzene rings is 1. The second-order valence-corrected chi connectivity index (χ2v) is 6.82. The molecule has 0 bridgehead atoms. The van der Waals surface area contributed by atoms with Gasteiger partial charge in [-0.3, -0.25) is 14.4 Å². The van der Waals surface area contributed by atoms with Crippen molar-refractivity contribution in [2.24, 2.45) is 0 Å². The van der Waals surface area contributed by atoms with Crippen LogP contribution in [0.2, 0.25) is 0 Å². The van der Waals surface area contributed by atoms with Crippen molar-refractivity contribution in [1.29, 1.82) is 0 Å². The highest BCUT2D eigenvalue weighted by molar-refractivity contribution is 8.00. The third kappa shape index (κ3) is 4.66. The van der Waals surface area contributed by atoms with E-state index in [0.29, 0.717) is 29.2 Å². The van der Waals surface area contributed by atoms with Crippen LogP contribution in [0.3, 0.4) is 0 Å². The Balaban J connectivity index is 2.45. The summed E-state index contributed by atoms with van der Waals surface area (Å²) < 4.78 is 15.9. The van der Waals surface area contributed by atoms with Crippen molar-refractivity contribution in [1.82, 2.24) is 5.32 Å². The van der Waals surface area contributed by atoms with Gasteiger partial charge >= 0.3 is 11.9 Å². The molecule has 1 aliphatic rings. The van der Waals surface area contributed by atoms with Gasteiger partial charge < -0.3 is 19.5 Å². The molecule has 2 unspecified atom stereocenters. The van der Waals surface area contributed by atoms with Gasteiger partial charge in [0.25, 0.3) is 0 Å². The van der Waals surface area contributed by atoms with E-state index in [1.807, 2.05) is 0 Å². The number of esters is 2. The summed E-state index contributed by atoms with van der Waals surface area (Å²) in [6.07, 6.45) is -0.762. The molecule has 7 nitrogen and oxygen atoms in total. The average Bonchev–Trinajstić information content (AvgIpc) is 2.54. The number of amides is 1. The summed E-state index contributed by atoms with van der Waals surface area (Å²) in [7, 11) is 1.45. The van der Waals surface area contributed by atoms with Gasteiger partial charge in [-0.2, -0.15) is 0 Å². The van der Waals surface area contributed by atoms with Crippen LogP contribution in [-0.4, -0.2) is 42.5 Å². The largest absolute Gasteiger partial charge is 0.493 e. The first-order valence-electron chi connectivity index (χ1n) is 7.77. The van der Waals surface area contributed by atoms with Gasteiger partial charge in [-0.25, -0.2) is 0 Å². The minimum absolute atomic E-state index is 0.178. The average molecular weight is 367 g/mol. The highest BCUT2D eigenvalue weighted by atomic mass is 32.2. The number of methoxy groups -OCH3 is 1. The normalized spacial score (nSPS) is 18.1. The molecule has 0 radical (unpaired) electrons. The summed E-state index contributed by atoms with van der Waals surface area (Å²) in [6.45, 7) is 4.94. The summed E-state index contributed by atoms with van der Waals surface area (Å²) in [5.41, 5.74) is 1.25. The molecule has 1 aliphatic heterocycles. The van der Waals surface area contributed by atoms with Gasteiger partial charge in [0.1, 0.15) is 11.4 Å². The van der Waals surface area contributed by atoms with E-state index in [1.165, 1.54) is 32.7 Å². The highest BCUT2D eigenvalue weighted by Crippen LogP contribution is 2.39. The predicted octanol–water partition coefficient (Wildman–Crippen LogP) is 1.76. The van der Waals surface area contributed by atoms with Crippen molar-refractivity contribution in [2.75, 3.05) is 19.4 Å². The monoisotopic (exact) mass is 367 g/mol. The number of nitrogens with one attached hydrogen (secondary N) is 1. The van der Waals surface area contributed by atoms with Crippen LogP contribution in [0.15, 0.2) is 12.1 Å².